The number of carbonyl (C=O) groups excluding carboxylic acids is 3. The van der Waals surface area contributed by atoms with E-state index in [0.29, 0.717) is 0 Å². The van der Waals surface area contributed by atoms with Crippen molar-refractivity contribution in [1.82, 2.24) is 18.3 Å². The highest BCUT2D eigenvalue weighted by molar-refractivity contribution is 5.82. The van der Waals surface area contributed by atoms with Crippen molar-refractivity contribution >= 4 is 30.3 Å². The molecular formula is C28H36N6O14. The van der Waals surface area contributed by atoms with Gasteiger partial charge < -0.3 is 33.9 Å². The van der Waals surface area contributed by atoms with E-state index in [4.69, 9.17) is 23.7 Å². The second-order valence-corrected chi connectivity index (χ2v) is 10.6. The predicted molar refractivity (Wildman–Crippen MR) is 163 cm³/mol. The molecule has 1 saturated heterocycles. The zero-order valence-corrected chi connectivity index (χ0v) is 27.1. The number of aromatic nitrogens is 4. The van der Waals surface area contributed by atoms with E-state index < -0.39 is 95.0 Å². The fourth-order valence-corrected chi connectivity index (χ4v) is 4.66. The van der Waals surface area contributed by atoms with Crippen molar-refractivity contribution in [3.63, 3.8) is 0 Å². The van der Waals surface area contributed by atoms with Gasteiger partial charge in [-0.15, -0.1) is 0 Å². The van der Waals surface area contributed by atoms with E-state index in [-0.39, 0.29) is 18.7 Å². The summed E-state index contributed by atoms with van der Waals surface area (Å²) in [6.45, 7) is 2.37. The highest BCUT2D eigenvalue weighted by atomic mass is 16.7. The molecule has 3 heterocycles. The minimum absolute atomic E-state index is 0.163. The number of esters is 3. The summed E-state index contributed by atoms with van der Waals surface area (Å²) < 4.78 is 30.9. The third kappa shape index (κ3) is 8.12. The van der Waals surface area contributed by atoms with Crippen molar-refractivity contribution in [2.45, 2.75) is 51.4 Å². The predicted octanol–water partition coefficient (Wildman–Crippen LogP) is -3.03. The second-order valence-electron chi connectivity index (χ2n) is 10.6. The summed E-state index contributed by atoms with van der Waals surface area (Å²) in [5.74, 6) is -3.70. The van der Waals surface area contributed by atoms with Crippen LogP contribution >= 0.6 is 0 Å². The molecule has 1 aliphatic heterocycles. The summed E-state index contributed by atoms with van der Waals surface area (Å²) in [5, 5.41) is 20.8. The van der Waals surface area contributed by atoms with E-state index >= 15 is 0 Å². The Morgan fingerprint density at radius 1 is 0.771 bits per heavy atom. The van der Waals surface area contributed by atoms with Crippen LogP contribution in [0.4, 0.5) is 0 Å². The number of hydrogen-bond donors (Lipinski definition) is 2. The zero-order valence-electron chi connectivity index (χ0n) is 27.1. The maximum atomic E-state index is 12.8. The van der Waals surface area contributed by atoms with Gasteiger partial charge >= 0.3 is 29.3 Å². The zero-order chi connectivity index (χ0) is 36.0. The molecule has 0 saturated carbocycles. The molecule has 5 atom stereocenters. The van der Waals surface area contributed by atoms with E-state index in [0.717, 1.165) is 51.5 Å². The monoisotopic (exact) mass is 680 g/mol. The van der Waals surface area contributed by atoms with Gasteiger partial charge in [-0.1, -0.05) is 0 Å². The van der Waals surface area contributed by atoms with Crippen molar-refractivity contribution in [2.24, 2.45) is 38.2 Å². The Bertz CT molecular complexity index is 1870. The van der Waals surface area contributed by atoms with Crippen LogP contribution in [-0.2, 0) is 66.3 Å². The Labute approximate surface area is 271 Å². The normalized spacial score (nSPS) is 21.0. The van der Waals surface area contributed by atoms with Crippen LogP contribution in [0.2, 0.25) is 0 Å². The van der Waals surface area contributed by atoms with Gasteiger partial charge in [0.05, 0.1) is 13.2 Å². The highest BCUT2D eigenvalue weighted by Crippen LogP contribution is 2.30. The third-order valence-corrected chi connectivity index (χ3v) is 7.10. The van der Waals surface area contributed by atoms with Crippen molar-refractivity contribution < 1.29 is 48.3 Å². The molecule has 0 aromatic carbocycles. The van der Waals surface area contributed by atoms with Crippen LogP contribution in [0.5, 0.6) is 11.8 Å². The summed E-state index contributed by atoms with van der Waals surface area (Å²) in [5.41, 5.74) is -3.97. The average Bonchev–Trinajstić information content (AvgIpc) is 3.02. The molecule has 20 heteroatoms. The minimum Gasteiger partial charge on any atom is -0.494 e. The van der Waals surface area contributed by atoms with Gasteiger partial charge in [-0.05, 0) is 0 Å². The lowest BCUT2D eigenvalue weighted by Gasteiger charge is -2.43. The number of aromatic hydroxyl groups is 2. The Morgan fingerprint density at radius 2 is 1.27 bits per heavy atom. The lowest BCUT2D eigenvalue weighted by Crippen LogP contribution is -2.61. The molecule has 1 aliphatic rings. The molecule has 2 N–H and O–H groups in total. The summed E-state index contributed by atoms with van der Waals surface area (Å²) in [7, 11) is 4.89. The lowest BCUT2D eigenvalue weighted by molar-refractivity contribution is -0.272. The van der Waals surface area contributed by atoms with Gasteiger partial charge in [0.2, 0.25) is 11.8 Å². The van der Waals surface area contributed by atoms with Gasteiger partial charge in [0.1, 0.15) is 29.9 Å². The van der Waals surface area contributed by atoms with E-state index in [9.17, 15) is 43.8 Å². The Kier molecular flexibility index (Phi) is 12.0. The number of aliphatic imine (C=N–C) groups is 2. The van der Waals surface area contributed by atoms with Gasteiger partial charge in [0.15, 0.2) is 18.5 Å². The number of ether oxygens (including phenoxy) is 5. The van der Waals surface area contributed by atoms with Crippen LogP contribution in [0.15, 0.2) is 29.2 Å². The molecule has 0 amide bonds. The first kappa shape index (κ1) is 37.1. The van der Waals surface area contributed by atoms with Crippen molar-refractivity contribution in [2.75, 3.05) is 19.8 Å². The summed E-state index contributed by atoms with van der Waals surface area (Å²) in [6, 6.07) is -1.41. The third-order valence-electron chi connectivity index (χ3n) is 7.10. The van der Waals surface area contributed by atoms with Gasteiger partial charge in [-0.3, -0.25) is 52.2 Å². The van der Waals surface area contributed by atoms with Crippen LogP contribution < -0.4 is 22.5 Å². The van der Waals surface area contributed by atoms with Crippen molar-refractivity contribution in [1.29, 1.82) is 0 Å². The van der Waals surface area contributed by atoms with Crippen LogP contribution in [-0.4, -0.2) is 109 Å². The van der Waals surface area contributed by atoms with Crippen LogP contribution in [0.25, 0.3) is 0 Å². The maximum absolute atomic E-state index is 12.8. The van der Waals surface area contributed by atoms with Gasteiger partial charge in [0, 0.05) is 61.4 Å². The topological polar surface area (TPSA) is 251 Å². The van der Waals surface area contributed by atoms with Gasteiger partial charge in [0.25, 0.3) is 11.1 Å². The summed E-state index contributed by atoms with van der Waals surface area (Å²) in [6.07, 6.45) is -3.65. The fraction of sp³-hybridized carbons (Fsp3) is 0.536. The van der Waals surface area contributed by atoms with Gasteiger partial charge in [-0.25, -0.2) is 9.59 Å². The molecule has 1 fully saturated rings. The lowest BCUT2D eigenvalue weighted by atomic mass is 9.96. The molecule has 0 unspecified atom stereocenters. The van der Waals surface area contributed by atoms with E-state index in [1.807, 2.05) is 0 Å². The molecule has 0 bridgehead atoms. The molecule has 0 spiro atoms. The van der Waals surface area contributed by atoms with Crippen LogP contribution in [0.3, 0.4) is 0 Å². The molecule has 262 valence electrons. The first-order chi connectivity index (χ1) is 22.5. The molecule has 48 heavy (non-hydrogen) atoms. The maximum Gasteiger partial charge on any atom is 0.333 e. The molecule has 0 aliphatic carbocycles. The molecule has 2 aromatic rings. The molecule has 20 nitrogen and oxygen atoms in total. The molecule has 0 radical (unpaired) electrons. The van der Waals surface area contributed by atoms with E-state index in [2.05, 4.69) is 9.98 Å². The Hall–Kier alpha value is -5.37. The molecular weight excluding hydrogens is 644 g/mol. The van der Waals surface area contributed by atoms with Crippen LogP contribution in [0.1, 0.15) is 31.9 Å². The largest absolute Gasteiger partial charge is 0.494 e. The van der Waals surface area contributed by atoms with Crippen molar-refractivity contribution in [3.05, 3.63) is 52.8 Å². The first-order valence-electron chi connectivity index (χ1n) is 14.2. The number of rotatable bonds is 11. The number of nitrogens with zero attached hydrogens (tertiary/aromatic N) is 6. The molecule has 2 aromatic heterocycles. The Balaban J connectivity index is 2.03. The SMILES string of the molecule is CC(=O)OC[C@H]1O[C@@H](OCCN=Cc2c(O)n(C)c(=O)n(C)c2=O)[C@H](N=Cc2c(O)n(C)c(=O)n(C)c2=O)[C@@H](OC(C)=O)[C@@H]1OC(C)=O. The number of carbonyl (C=O) groups is 3. The Morgan fingerprint density at radius 3 is 1.77 bits per heavy atom. The second kappa shape index (κ2) is 15.5. The van der Waals surface area contributed by atoms with E-state index in [1.165, 1.54) is 28.2 Å². The van der Waals surface area contributed by atoms with Gasteiger partial charge in [-0.2, -0.15) is 0 Å². The standard InChI is InChI=1S/C28H36N6O14/c1-13(35)45-12-18-20(46-14(2)36)21(47-15(3)37)19(30-11-17-24(40)33(6)28(43)34(7)25(17)41)26(48-18)44-9-8-29-10-16-22(38)31(4)27(42)32(5)23(16)39/h10-11,18-21,26,38,40H,8-9,12H2,1-7H3/t18-,19-,20-,21-,26-/m1/s1. The van der Waals surface area contributed by atoms with E-state index in [1.54, 1.807) is 0 Å². The van der Waals surface area contributed by atoms with Crippen molar-refractivity contribution in [3.8, 4) is 11.8 Å². The molecule has 3 rings (SSSR count). The quantitative estimate of drug-likeness (QED) is 0.104. The first-order valence-corrected chi connectivity index (χ1v) is 14.2. The minimum atomic E-state index is -1.47. The average molecular weight is 681 g/mol. The summed E-state index contributed by atoms with van der Waals surface area (Å²) in [4.78, 5) is 93.8. The number of hydrogen-bond acceptors (Lipinski definition) is 16. The summed E-state index contributed by atoms with van der Waals surface area (Å²) >= 11 is 0. The smallest absolute Gasteiger partial charge is 0.333 e. The highest BCUT2D eigenvalue weighted by Gasteiger charge is 2.51. The fourth-order valence-electron chi connectivity index (χ4n) is 4.66. The van der Waals surface area contributed by atoms with Crippen LogP contribution in [0, 0.1) is 0 Å².